The second-order valence-corrected chi connectivity index (χ2v) is 7.86. The summed E-state index contributed by atoms with van der Waals surface area (Å²) in [5.74, 6) is -3.18. The highest BCUT2D eigenvalue weighted by Crippen LogP contribution is 2.16. The van der Waals surface area contributed by atoms with Crippen LogP contribution in [-0.2, 0) is 28.6 Å². The van der Waals surface area contributed by atoms with Crippen molar-refractivity contribution in [1.82, 2.24) is 10.6 Å². The van der Waals surface area contributed by atoms with Gasteiger partial charge in [-0.25, -0.2) is 5.53 Å². The highest BCUT2D eigenvalue weighted by Gasteiger charge is 2.24. The summed E-state index contributed by atoms with van der Waals surface area (Å²) in [6, 6.07) is -1.21. The molecule has 13 nitrogen and oxygen atoms in total. The summed E-state index contributed by atoms with van der Waals surface area (Å²) in [6.45, 7) is 5.45. The van der Waals surface area contributed by atoms with E-state index in [1.807, 2.05) is 6.92 Å². The number of aliphatic carboxylic acids is 2. The Bertz CT molecular complexity index is 623. The molecule has 0 aliphatic heterocycles. The maximum absolute atomic E-state index is 12.3. The molecule has 2 unspecified atom stereocenters. The molecule has 14 heteroatoms. The van der Waals surface area contributed by atoms with Crippen LogP contribution >= 0.6 is 11.8 Å². The summed E-state index contributed by atoms with van der Waals surface area (Å²) in [4.78, 5) is 34.1. The van der Waals surface area contributed by atoms with Gasteiger partial charge in [0.05, 0.1) is 56.9 Å². The standard InChI is InChI=1S/C19H35N5O8S/c1-2-4-30-6-8-32-9-7-31-5-3-22-11-14(24-21)12-23-18(27)16(10-17(25)26)33-13-15(20)19(28)29/h11,15-16,21-22H,2-10,12-13,20H2,1H3,(H,23,27)(H,25,26)(H,28,29)/b14-11-,24-21?. The smallest absolute Gasteiger partial charge is 0.321 e. The number of nitrogens with one attached hydrogen (secondary N) is 3. The number of carboxylic acid groups (broad SMARTS) is 2. The molecule has 0 spiro atoms. The molecule has 0 saturated heterocycles. The fourth-order valence-electron chi connectivity index (χ4n) is 2.10. The molecule has 2 atom stereocenters. The maximum Gasteiger partial charge on any atom is 0.321 e. The van der Waals surface area contributed by atoms with Crippen LogP contribution in [0.25, 0.3) is 0 Å². The highest BCUT2D eigenvalue weighted by atomic mass is 32.2. The normalized spacial score (nSPS) is 13.2. The topological polar surface area (TPSA) is 206 Å². The first kappa shape index (κ1) is 30.7. The molecule has 7 N–H and O–H groups in total. The van der Waals surface area contributed by atoms with E-state index >= 15 is 0 Å². The monoisotopic (exact) mass is 493 g/mol. The van der Waals surface area contributed by atoms with Gasteiger partial charge in [0.1, 0.15) is 6.04 Å². The van der Waals surface area contributed by atoms with Crippen molar-refractivity contribution in [1.29, 1.82) is 5.53 Å². The fourth-order valence-corrected chi connectivity index (χ4v) is 3.18. The van der Waals surface area contributed by atoms with Crippen LogP contribution in [-0.4, -0.2) is 97.8 Å². The molecule has 33 heavy (non-hydrogen) atoms. The summed E-state index contributed by atoms with van der Waals surface area (Å²) < 4.78 is 16.0. The number of carbonyl (C=O) groups excluding carboxylic acids is 1. The number of hydrogen-bond acceptors (Lipinski definition) is 11. The van der Waals surface area contributed by atoms with Gasteiger partial charge in [-0.1, -0.05) is 6.92 Å². The molecule has 0 fully saturated rings. The lowest BCUT2D eigenvalue weighted by Crippen LogP contribution is -2.38. The highest BCUT2D eigenvalue weighted by molar-refractivity contribution is 8.00. The molecule has 190 valence electrons. The van der Waals surface area contributed by atoms with Crippen molar-refractivity contribution in [2.75, 3.05) is 58.5 Å². The van der Waals surface area contributed by atoms with E-state index < -0.39 is 35.6 Å². The van der Waals surface area contributed by atoms with Gasteiger partial charge in [0.2, 0.25) is 5.91 Å². The number of thioether (sulfide) groups is 1. The third-order valence-electron chi connectivity index (χ3n) is 3.79. The van der Waals surface area contributed by atoms with Gasteiger partial charge < -0.3 is 40.8 Å². The van der Waals surface area contributed by atoms with Crippen molar-refractivity contribution in [3.8, 4) is 0 Å². The molecule has 0 heterocycles. The van der Waals surface area contributed by atoms with Crippen LogP contribution in [0, 0.1) is 5.53 Å². The van der Waals surface area contributed by atoms with E-state index in [9.17, 15) is 14.4 Å². The molecular weight excluding hydrogens is 458 g/mol. The minimum atomic E-state index is -1.24. The lowest BCUT2D eigenvalue weighted by atomic mass is 10.3. The Morgan fingerprint density at radius 1 is 1.09 bits per heavy atom. The Morgan fingerprint density at radius 2 is 1.70 bits per heavy atom. The van der Waals surface area contributed by atoms with Crippen LogP contribution < -0.4 is 16.4 Å². The maximum atomic E-state index is 12.3. The van der Waals surface area contributed by atoms with E-state index in [1.54, 1.807) is 0 Å². The summed E-state index contributed by atoms with van der Waals surface area (Å²) in [5, 5.41) is 25.5. The van der Waals surface area contributed by atoms with Gasteiger partial charge in [-0.15, -0.1) is 11.8 Å². The third kappa shape index (κ3) is 17.9. The minimum absolute atomic E-state index is 0.105. The zero-order valence-electron chi connectivity index (χ0n) is 18.8. The number of carbonyl (C=O) groups is 3. The zero-order valence-corrected chi connectivity index (χ0v) is 19.6. The molecule has 0 aromatic heterocycles. The van der Waals surface area contributed by atoms with E-state index in [0.717, 1.165) is 24.8 Å². The van der Waals surface area contributed by atoms with Crippen molar-refractivity contribution < 1.29 is 38.8 Å². The molecule has 0 saturated carbocycles. The van der Waals surface area contributed by atoms with Crippen LogP contribution in [0.5, 0.6) is 0 Å². The summed E-state index contributed by atoms with van der Waals surface area (Å²) in [7, 11) is 0. The quantitative estimate of drug-likeness (QED) is 0.0875. The van der Waals surface area contributed by atoms with E-state index in [1.165, 1.54) is 6.20 Å². The Balaban J connectivity index is 4.16. The predicted molar refractivity (Wildman–Crippen MR) is 121 cm³/mol. The van der Waals surface area contributed by atoms with E-state index in [4.69, 9.17) is 35.7 Å². The Kier molecular flexibility index (Phi) is 19.0. The molecule has 0 aromatic rings. The second-order valence-electron chi connectivity index (χ2n) is 6.62. The summed E-state index contributed by atoms with van der Waals surface area (Å²) in [6.07, 6.45) is 1.92. The largest absolute Gasteiger partial charge is 0.481 e. The predicted octanol–water partition coefficient (Wildman–Crippen LogP) is 0.0128. The Morgan fingerprint density at radius 3 is 2.24 bits per heavy atom. The van der Waals surface area contributed by atoms with Gasteiger partial charge in [-0.05, 0) is 6.42 Å². The van der Waals surface area contributed by atoms with Crippen molar-refractivity contribution in [2.45, 2.75) is 31.1 Å². The zero-order chi connectivity index (χ0) is 24.9. The van der Waals surface area contributed by atoms with Gasteiger partial charge in [-0.3, -0.25) is 14.4 Å². The van der Waals surface area contributed by atoms with Gasteiger partial charge in [0.25, 0.3) is 0 Å². The third-order valence-corrected chi connectivity index (χ3v) is 5.12. The lowest BCUT2D eigenvalue weighted by Gasteiger charge is -2.16. The van der Waals surface area contributed by atoms with E-state index in [0.29, 0.717) is 39.6 Å². The molecule has 0 aliphatic carbocycles. The minimum Gasteiger partial charge on any atom is -0.481 e. The van der Waals surface area contributed by atoms with Crippen LogP contribution in [0.3, 0.4) is 0 Å². The molecule has 1 amide bonds. The SMILES string of the molecule is CCCOCCOCCOCCN/C=C(/CNC(=O)C(CC(=O)O)SCC(N)C(=O)O)N=N. The first-order valence-electron chi connectivity index (χ1n) is 10.4. The van der Waals surface area contributed by atoms with Crippen molar-refractivity contribution >= 4 is 29.6 Å². The van der Waals surface area contributed by atoms with Gasteiger partial charge in [0.15, 0.2) is 0 Å². The Hall–Kier alpha value is -2.26. The number of ether oxygens (including phenoxy) is 3. The van der Waals surface area contributed by atoms with Gasteiger partial charge >= 0.3 is 11.9 Å². The van der Waals surface area contributed by atoms with Crippen LogP contribution in [0.1, 0.15) is 19.8 Å². The molecule has 0 bridgehead atoms. The van der Waals surface area contributed by atoms with Gasteiger partial charge in [0, 0.05) is 25.1 Å². The summed E-state index contributed by atoms with van der Waals surface area (Å²) in [5.41, 5.74) is 12.8. The second kappa shape index (κ2) is 20.4. The molecular formula is C19H35N5O8S. The number of nitrogens with two attached hydrogens (primary N) is 1. The van der Waals surface area contributed by atoms with E-state index in [2.05, 4.69) is 15.7 Å². The molecule has 0 radical (unpaired) electrons. The number of amides is 1. The van der Waals surface area contributed by atoms with Crippen molar-refractivity contribution in [3.63, 3.8) is 0 Å². The number of carboxylic acids is 2. The Labute approximate surface area is 197 Å². The van der Waals surface area contributed by atoms with E-state index in [-0.39, 0.29) is 18.0 Å². The first-order chi connectivity index (χ1) is 15.8. The first-order valence-corrected chi connectivity index (χ1v) is 11.5. The average molecular weight is 494 g/mol. The average Bonchev–Trinajstić information content (AvgIpc) is 2.78. The molecule has 0 aromatic carbocycles. The fraction of sp³-hybridized carbons (Fsp3) is 0.737. The van der Waals surface area contributed by atoms with Crippen LogP contribution in [0.4, 0.5) is 0 Å². The number of rotatable bonds is 22. The van der Waals surface area contributed by atoms with Gasteiger partial charge in [-0.2, -0.15) is 5.11 Å². The van der Waals surface area contributed by atoms with Crippen LogP contribution in [0.15, 0.2) is 17.0 Å². The van der Waals surface area contributed by atoms with Crippen LogP contribution in [0.2, 0.25) is 0 Å². The summed E-state index contributed by atoms with van der Waals surface area (Å²) >= 11 is 0.846. The van der Waals surface area contributed by atoms with Crippen molar-refractivity contribution in [2.24, 2.45) is 10.8 Å². The number of nitrogens with zero attached hydrogens (tertiary/aromatic N) is 1. The lowest BCUT2D eigenvalue weighted by molar-refractivity contribution is -0.138. The van der Waals surface area contributed by atoms with Crippen molar-refractivity contribution in [3.05, 3.63) is 11.9 Å². The molecule has 0 aliphatic rings. The number of hydrogen-bond donors (Lipinski definition) is 6. The molecule has 0 rings (SSSR count).